The van der Waals surface area contributed by atoms with Gasteiger partial charge in [-0.3, -0.25) is 4.79 Å². The highest BCUT2D eigenvalue weighted by atomic mass is 16.6. The van der Waals surface area contributed by atoms with Crippen molar-refractivity contribution in [3.63, 3.8) is 0 Å². The summed E-state index contributed by atoms with van der Waals surface area (Å²) in [5, 5.41) is 12.0. The molecule has 0 aromatic carbocycles. The van der Waals surface area contributed by atoms with Crippen molar-refractivity contribution >= 4 is 5.91 Å². The molecule has 0 aromatic rings. The van der Waals surface area contributed by atoms with E-state index >= 15 is 0 Å². The molecule has 0 radical (unpaired) electrons. The molecule has 0 aliphatic carbocycles. The van der Waals surface area contributed by atoms with E-state index in [-0.39, 0.29) is 19.1 Å². The number of hydrogen-bond donors (Lipinski definition) is 2. The van der Waals surface area contributed by atoms with E-state index in [0.717, 1.165) is 0 Å². The molecule has 1 aliphatic heterocycles. The van der Waals surface area contributed by atoms with Gasteiger partial charge in [0.05, 0.1) is 25.4 Å². The van der Waals surface area contributed by atoms with Gasteiger partial charge in [0.1, 0.15) is 0 Å². The third-order valence-corrected chi connectivity index (χ3v) is 1.80. The number of aliphatic hydroxyl groups is 1. The molecule has 0 aromatic heterocycles. The minimum atomic E-state index is -0.898. The Kier molecular flexibility index (Phi) is 3.86. The molecule has 2 N–H and O–H groups in total. The van der Waals surface area contributed by atoms with E-state index in [0.29, 0.717) is 13.2 Å². The van der Waals surface area contributed by atoms with Crippen LogP contribution in [0.25, 0.3) is 0 Å². The fraction of sp³-hybridized carbons (Fsp3) is 0.889. The first-order valence-corrected chi connectivity index (χ1v) is 4.68. The number of ether oxygens (including phenoxy) is 2. The van der Waals surface area contributed by atoms with E-state index in [1.54, 1.807) is 13.8 Å². The zero-order valence-electron chi connectivity index (χ0n) is 8.58. The second kappa shape index (κ2) is 4.72. The summed E-state index contributed by atoms with van der Waals surface area (Å²) in [5.41, 5.74) is -0.898. The molecule has 5 heteroatoms. The molecule has 14 heavy (non-hydrogen) atoms. The Balaban J connectivity index is 2.27. The molecule has 1 saturated heterocycles. The average Bonchev–Trinajstić information content (AvgIpc) is 2.14. The van der Waals surface area contributed by atoms with Gasteiger partial charge in [-0.1, -0.05) is 0 Å². The second-order valence-electron chi connectivity index (χ2n) is 3.96. The smallest absolute Gasteiger partial charge is 0.251 e. The lowest BCUT2D eigenvalue weighted by atomic mass is 10.1. The van der Waals surface area contributed by atoms with Gasteiger partial charge in [0.25, 0.3) is 5.91 Å². The standard InChI is InChI=1S/C9H17NO4/c1-9(2,12)6-10-8(11)7-5-13-3-4-14-7/h7,12H,3-6H2,1-2H3,(H,10,11). The van der Waals surface area contributed by atoms with Crippen LogP contribution in [0.1, 0.15) is 13.8 Å². The van der Waals surface area contributed by atoms with Gasteiger partial charge in [-0.15, -0.1) is 0 Å². The first-order valence-electron chi connectivity index (χ1n) is 4.68. The van der Waals surface area contributed by atoms with Crippen LogP contribution in [0.5, 0.6) is 0 Å². The Morgan fingerprint density at radius 3 is 2.79 bits per heavy atom. The molecule has 0 bridgehead atoms. The van der Waals surface area contributed by atoms with Crippen LogP contribution in [0.15, 0.2) is 0 Å². The predicted octanol–water partition coefficient (Wildman–Crippen LogP) is -0.711. The van der Waals surface area contributed by atoms with Crippen molar-refractivity contribution in [2.24, 2.45) is 0 Å². The summed E-state index contributed by atoms with van der Waals surface area (Å²) in [5.74, 6) is -0.230. The summed E-state index contributed by atoms with van der Waals surface area (Å²) < 4.78 is 10.3. The van der Waals surface area contributed by atoms with Crippen molar-refractivity contribution < 1.29 is 19.4 Å². The maximum Gasteiger partial charge on any atom is 0.251 e. The van der Waals surface area contributed by atoms with Gasteiger partial charge < -0.3 is 19.9 Å². The minimum absolute atomic E-state index is 0.214. The molecule has 1 aliphatic rings. The molecule has 1 atom stereocenters. The van der Waals surface area contributed by atoms with Crippen molar-refractivity contribution in [1.82, 2.24) is 5.32 Å². The summed E-state index contributed by atoms with van der Waals surface area (Å²) in [4.78, 5) is 11.4. The lowest BCUT2D eigenvalue weighted by Gasteiger charge is -2.24. The molecule has 0 spiro atoms. The number of hydrogen-bond acceptors (Lipinski definition) is 4. The molecular weight excluding hydrogens is 186 g/mol. The topological polar surface area (TPSA) is 67.8 Å². The van der Waals surface area contributed by atoms with Crippen LogP contribution in [0, 0.1) is 0 Å². The number of carbonyl (C=O) groups is 1. The van der Waals surface area contributed by atoms with E-state index < -0.39 is 11.7 Å². The van der Waals surface area contributed by atoms with Gasteiger partial charge in [-0.2, -0.15) is 0 Å². The second-order valence-corrected chi connectivity index (χ2v) is 3.96. The first kappa shape index (κ1) is 11.4. The van der Waals surface area contributed by atoms with Gasteiger partial charge in [-0.25, -0.2) is 0 Å². The molecule has 1 rings (SSSR count). The molecular formula is C9H17NO4. The zero-order chi connectivity index (χ0) is 10.6. The lowest BCUT2D eigenvalue weighted by Crippen LogP contribution is -2.47. The molecule has 5 nitrogen and oxygen atoms in total. The summed E-state index contributed by atoms with van der Waals surface area (Å²) in [6.45, 7) is 4.75. The van der Waals surface area contributed by atoms with Crippen LogP contribution < -0.4 is 5.32 Å². The summed E-state index contributed by atoms with van der Waals surface area (Å²) in [6.07, 6.45) is -0.536. The van der Waals surface area contributed by atoms with Crippen molar-refractivity contribution in [3.8, 4) is 0 Å². The van der Waals surface area contributed by atoms with E-state index in [9.17, 15) is 9.90 Å². The van der Waals surface area contributed by atoms with E-state index in [2.05, 4.69) is 5.32 Å². The summed E-state index contributed by atoms with van der Waals surface area (Å²) in [6, 6.07) is 0. The van der Waals surface area contributed by atoms with Crippen LogP contribution in [0.3, 0.4) is 0 Å². The quantitative estimate of drug-likeness (QED) is 0.636. The maximum atomic E-state index is 11.4. The van der Waals surface area contributed by atoms with Crippen LogP contribution >= 0.6 is 0 Å². The minimum Gasteiger partial charge on any atom is -0.389 e. The number of carbonyl (C=O) groups excluding carboxylic acids is 1. The molecule has 0 saturated carbocycles. The molecule has 82 valence electrons. The van der Waals surface area contributed by atoms with E-state index in [1.807, 2.05) is 0 Å². The third kappa shape index (κ3) is 4.04. The normalized spacial score (nSPS) is 23.2. The molecule has 1 heterocycles. The Hall–Kier alpha value is -0.650. The SMILES string of the molecule is CC(C)(O)CNC(=O)C1COCCO1. The van der Waals surface area contributed by atoms with Crippen LogP contribution in [0.2, 0.25) is 0 Å². The highest BCUT2D eigenvalue weighted by Crippen LogP contribution is 2.02. The van der Waals surface area contributed by atoms with Crippen LogP contribution in [0.4, 0.5) is 0 Å². The highest BCUT2D eigenvalue weighted by Gasteiger charge is 2.24. The third-order valence-electron chi connectivity index (χ3n) is 1.80. The number of rotatable bonds is 3. The summed E-state index contributed by atoms with van der Waals surface area (Å²) in [7, 11) is 0. The van der Waals surface area contributed by atoms with Gasteiger partial charge in [0, 0.05) is 6.54 Å². The Bertz CT molecular complexity index is 193. The maximum absolute atomic E-state index is 11.4. The number of nitrogens with one attached hydrogen (secondary N) is 1. The monoisotopic (exact) mass is 203 g/mol. The molecule has 1 amide bonds. The Morgan fingerprint density at radius 1 is 1.57 bits per heavy atom. The van der Waals surface area contributed by atoms with E-state index in [1.165, 1.54) is 0 Å². The largest absolute Gasteiger partial charge is 0.389 e. The summed E-state index contributed by atoms with van der Waals surface area (Å²) >= 11 is 0. The number of amides is 1. The average molecular weight is 203 g/mol. The van der Waals surface area contributed by atoms with E-state index in [4.69, 9.17) is 9.47 Å². The highest BCUT2D eigenvalue weighted by molar-refractivity contribution is 5.81. The zero-order valence-corrected chi connectivity index (χ0v) is 8.58. The van der Waals surface area contributed by atoms with Crippen molar-refractivity contribution in [2.75, 3.05) is 26.4 Å². The molecule has 1 unspecified atom stereocenters. The van der Waals surface area contributed by atoms with Crippen molar-refractivity contribution in [1.29, 1.82) is 0 Å². The van der Waals surface area contributed by atoms with Gasteiger partial charge in [-0.05, 0) is 13.8 Å². The molecule has 1 fully saturated rings. The first-order chi connectivity index (χ1) is 6.49. The van der Waals surface area contributed by atoms with Crippen LogP contribution in [-0.2, 0) is 14.3 Å². The fourth-order valence-electron chi connectivity index (χ4n) is 1.06. The van der Waals surface area contributed by atoms with Gasteiger partial charge >= 0.3 is 0 Å². The predicted molar refractivity (Wildman–Crippen MR) is 49.9 cm³/mol. The van der Waals surface area contributed by atoms with Crippen molar-refractivity contribution in [2.45, 2.75) is 25.6 Å². The van der Waals surface area contributed by atoms with Gasteiger partial charge in [0.2, 0.25) is 0 Å². The Morgan fingerprint density at radius 2 is 2.29 bits per heavy atom. The van der Waals surface area contributed by atoms with Crippen LogP contribution in [-0.4, -0.2) is 49.1 Å². The van der Waals surface area contributed by atoms with Crippen molar-refractivity contribution in [3.05, 3.63) is 0 Å². The van der Waals surface area contributed by atoms with Gasteiger partial charge in [0.15, 0.2) is 6.10 Å². The fourth-order valence-corrected chi connectivity index (χ4v) is 1.06. The lowest BCUT2D eigenvalue weighted by molar-refractivity contribution is -0.148. The Labute approximate surface area is 83.4 Å².